The Labute approximate surface area is 120 Å². The molecule has 1 aliphatic rings. The molecule has 0 bridgehead atoms. The van der Waals surface area contributed by atoms with Gasteiger partial charge in [-0.2, -0.15) is 5.10 Å². The molecule has 1 heterocycles. The standard InChI is InChI=1S/C14H13ClN2O3/c1-20-10-5-3-2-4-9(10)17-13(15)11(14(18)19)12(16-17)8-6-7-8/h2-5,8H,6-7H2,1H3,(H,18,19). The zero-order chi connectivity index (χ0) is 14.3. The number of hydrogen-bond donors (Lipinski definition) is 1. The molecule has 20 heavy (non-hydrogen) atoms. The highest BCUT2D eigenvalue weighted by Crippen LogP contribution is 2.43. The van der Waals surface area contributed by atoms with Crippen LogP contribution in [-0.2, 0) is 0 Å². The van der Waals surface area contributed by atoms with Crippen molar-refractivity contribution in [3.05, 3.63) is 40.7 Å². The number of carboxylic acid groups (broad SMARTS) is 1. The summed E-state index contributed by atoms with van der Waals surface area (Å²) in [6.45, 7) is 0. The predicted molar refractivity (Wildman–Crippen MR) is 74.1 cm³/mol. The molecule has 1 saturated carbocycles. The highest BCUT2D eigenvalue weighted by atomic mass is 35.5. The Morgan fingerprint density at radius 2 is 2.15 bits per heavy atom. The molecule has 0 radical (unpaired) electrons. The number of ether oxygens (including phenoxy) is 1. The van der Waals surface area contributed by atoms with Crippen molar-refractivity contribution < 1.29 is 14.6 Å². The minimum absolute atomic E-state index is 0.0973. The Kier molecular flexibility index (Phi) is 3.14. The van der Waals surface area contributed by atoms with Crippen molar-refractivity contribution in [3.8, 4) is 11.4 Å². The molecule has 6 heteroatoms. The summed E-state index contributed by atoms with van der Waals surface area (Å²) in [5.74, 6) is -0.246. The van der Waals surface area contributed by atoms with Crippen LogP contribution in [0.15, 0.2) is 24.3 Å². The van der Waals surface area contributed by atoms with E-state index in [1.165, 1.54) is 4.68 Å². The predicted octanol–water partition coefficient (Wildman–Crippen LogP) is 3.11. The third-order valence-electron chi connectivity index (χ3n) is 3.35. The maximum absolute atomic E-state index is 11.4. The van der Waals surface area contributed by atoms with E-state index in [0.717, 1.165) is 12.8 Å². The van der Waals surface area contributed by atoms with Crippen molar-refractivity contribution in [3.63, 3.8) is 0 Å². The first-order chi connectivity index (χ1) is 9.63. The molecule has 1 fully saturated rings. The lowest BCUT2D eigenvalue weighted by Crippen LogP contribution is -2.01. The number of para-hydroxylation sites is 2. The largest absolute Gasteiger partial charge is 0.494 e. The second kappa shape index (κ2) is 4.83. The fraction of sp³-hybridized carbons (Fsp3) is 0.286. The number of rotatable bonds is 4. The Morgan fingerprint density at radius 3 is 2.75 bits per heavy atom. The number of aromatic nitrogens is 2. The number of hydrogen-bond acceptors (Lipinski definition) is 3. The second-order valence-electron chi connectivity index (χ2n) is 4.71. The Balaban J connectivity index is 2.19. The summed E-state index contributed by atoms with van der Waals surface area (Å²) < 4.78 is 6.72. The molecular formula is C14H13ClN2O3. The first-order valence-corrected chi connectivity index (χ1v) is 6.66. The average molecular weight is 293 g/mol. The molecule has 3 rings (SSSR count). The smallest absolute Gasteiger partial charge is 0.340 e. The van der Waals surface area contributed by atoms with Crippen LogP contribution in [-0.4, -0.2) is 28.0 Å². The maximum atomic E-state index is 11.4. The summed E-state index contributed by atoms with van der Waals surface area (Å²) in [4.78, 5) is 11.4. The average Bonchev–Trinajstić information content (AvgIpc) is 3.22. The molecule has 104 valence electrons. The molecule has 5 nitrogen and oxygen atoms in total. The van der Waals surface area contributed by atoms with Gasteiger partial charge < -0.3 is 9.84 Å². The van der Waals surface area contributed by atoms with Gasteiger partial charge in [-0.1, -0.05) is 23.7 Å². The van der Waals surface area contributed by atoms with Crippen LogP contribution in [0.1, 0.15) is 34.8 Å². The Hall–Kier alpha value is -2.01. The van der Waals surface area contributed by atoms with Gasteiger partial charge in [0, 0.05) is 5.92 Å². The Morgan fingerprint density at radius 1 is 1.45 bits per heavy atom. The summed E-state index contributed by atoms with van der Waals surface area (Å²) >= 11 is 6.22. The number of aromatic carboxylic acids is 1. The van der Waals surface area contributed by atoms with Crippen LogP contribution >= 0.6 is 11.6 Å². The number of carbonyl (C=O) groups is 1. The van der Waals surface area contributed by atoms with E-state index in [9.17, 15) is 9.90 Å². The van der Waals surface area contributed by atoms with Gasteiger partial charge in [-0.3, -0.25) is 0 Å². The maximum Gasteiger partial charge on any atom is 0.340 e. The van der Waals surface area contributed by atoms with E-state index in [1.807, 2.05) is 12.1 Å². The van der Waals surface area contributed by atoms with Crippen molar-refractivity contribution in [2.24, 2.45) is 0 Å². The number of nitrogens with zero attached hydrogens (tertiary/aromatic N) is 2. The molecule has 1 aliphatic carbocycles. The zero-order valence-electron chi connectivity index (χ0n) is 10.8. The quantitative estimate of drug-likeness (QED) is 0.940. The van der Waals surface area contributed by atoms with Crippen molar-refractivity contribution in [1.82, 2.24) is 9.78 Å². The van der Waals surface area contributed by atoms with E-state index in [-0.39, 0.29) is 16.6 Å². The van der Waals surface area contributed by atoms with Gasteiger partial charge in [-0.25, -0.2) is 9.48 Å². The third-order valence-corrected chi connectivity index (χ3v) is 3.70. The molecule has 2 aromatic rings. The minimum Gasteiger partial charge on any atom is -0.494 e. The first-order valence-electron chi connectivity index (χ1n) is 6.28. The van der Waals surface area contributed by atoms with E-state index < -0.39 is 5.97 Å². The van der Waals surface area contributed by atoms with E-state index in [1.54, 1.807) is 19.2 Å². The van der Waals surface area contributed by atoms with Crippen LogP contribution in [0, 0.1) is 0 Å². The monoisotopic (exact) mass is 292 g/mol. The van der Waals surface area contributed by atoms with Crippen LogP contribution < -0.4 is 4.74 Å². The highest BCUT2D eigenvalue weighted by molar-refractivity contribution is 6.33. The number of methoxy groups -OCH3 is 1. The SMILES string of the molecule is COc1ccccc1-n1nc(C2CC2)c(C(=O)O)c1Cl. The second-order valence-corrected chi connectivity index (χ2v) is 5.07. The third kappa shape index (κ3) is 2.04. The molecular weight excluding hydrogens is 280 g/mol. The van der Waals surface area contributed by atoms with E-state index >= 15 is 0 Å². The molecule has 1 aromatic heterocycles. The van der Waals surface area contributed by atoms with Gasteiger partial charge in [0.25, 0.3) is 0 Å². The first kappa shape index (κ1) is 13.0. The van der Waals surface area contributed by atoms with Gasteiger partial charge >= 0.3 is 5.97 Å². The molecule has 0 atom stereocenters. The van der Waals surface area contributed by atoms with Crippen LogP contribution in [0.4, 0.5) is 0 Å². The normalized spacial score (nSPS) is 14.3. The van der Waals surface area contributed by atoms with Crippen molar-refractivity contribution in [2.45, 2.75) is 18.8 Å². The summed E-state index contributed by atoms with van der Waals surface area (Å²) in [5, 5.41) is 13.9. The lowest BCUT2D eigenvalue weighted by molar-refractivity contribution is 0.0696. The highest BCUT2D eigenvalue weighted by Gasteiger charge is 2.34. The van der Waals surface area contributed by atoms with Crippen LogP contribution in [0.25, 0.3) is 5.69 Å². The fourth-order valence-corrected chi connectivity index (χ4v) is 2.52. The molecule has 1 aromatic carbocycles. The molecule has 0 saturated heterocycles. The van der Waals surface area contributed by atoms with Gasteiger partial charge in [0.15, 0.2) is 0 Å². The summed E-state index contributed by atoms with van der Waals surface area (Å²) in [6.07, 6.45) is 1.92. The van der Waals surface area contributed by atoms with E-state index in [2.05, 4.69) is 5.10 Å². The van der Waals surface area contributed by atoms with Crippen molar-refractivity contribution in [1.29, 1.82) is 0 Å². The van der Waals surface area contributed by atoms with Gasteiger partial charge in [0.2, 0.25) is 0 Å². The molecule has 0 unspecified atom stereocenters. The minimum atomic E-state index is -1.04. The van der Waals surface area contributed by atoms with Gasteiger partial charge in [-0.15, -0.1) is 0 Å². The molecule has 0 spiro atoms. The molecule has 0 amide bonds. The topological polar surface area (TPSA) is 64.4 Å². The van der Waals surface area contributed by atoms with Crippen molar-refractivity contribution >= 4 is 17.6 Å². The van der Waals surface area contributed by atoms with Crippen LogP contribution in [0.5, 0.6) is 5.75 Å². The van der Waals surface area contributed by atoms with E-state index in [0.29, 0.717) is 17.1 Å². The zero-order valence-corrected chi connectivity index (χ0v) is 11.6. The van der Waals surface area contributed by atoms with Gasteiger partial charge in [-0.05, 0) is 25.0 Å². The Bertz CT molecular complexity index is 677. The number of halogens is 1. The fourth-order valence-electron chi connectivity index (χ4n) is 2.22. The molecule has 1 N–H and O–H groups in total. The lowest BCUT2D eigenvalue weighted by atomic mass is 10.2. The molecule has 0 aliphatic heterocycles. The summed E-state index contributed by atoms with van der Waals surface area (Å²) in [5.41, 5.74) is 1.29. The van der Waals surface area contributed by atoms with E-state index in [4.69, 9.17) is 16.3 Å². The summed E-state index contributed by atoms with van der Waals surface area (Å²) in [6, 6.07) is 7.23. The lowest BCUT2D eigenvalue weighted by Gasteiger charge is -2.08. The van der Waals surface area contributed by atoms with Gasteiger partial charge in [0.05, 0.1) is 12.8 Å². The number of carboxylic acids is 1. The van der Waals surface area contributed by atoms with Crippen LogP contribution in [0.2, 0.25) is 5.15 Å². The van der Waals surface area contributed by atoms with Crippen molar-refractivity contribution in [2.75, 3.05) is 7.11 Å². The summed E-state index contributed by atoms with van der Waals surface area (Å²) in [7, 11) is 1.55. The van der Waals surface area contributed by atoms with Gasteiger partial charge in [0.1, 0.15) is 22.2 Å². The van der Waals surface area contributed by atoms with Crippen LogP contribution in [0.3, 0.4) is 0 Å². The number of benzene rings is 1.